The topological polar surface area (TPSA) is 34.1 Å². The largest absolute Gasteiger partial charge is 0.297 e. The first-order chi connectivity index (χ1) is 6.67. The van der Waals surface area contributed by atoms with Gasteiger partial charge in [-0.1, -0.05) is 24.9 Å². The van der Waals surface area contributed by atoms with Crippen LogP contribution in [0.25, 0.3) is 4.91 Å². The fourth-order valence-electron chi connectivity index (χ4n) is 0.799. The Labute approximate surface area is 90.3 Å². The van der Waals surface area contributed by atoms with Gasteiger partial charge in [0.05, 0.1) is 4.88 Å². The van der Waals surface area contributed by atoms with Gasteiger partial charge in [0.1, 0.15) is 0 Å². The van der Waals surface area contributed by atoms with Gasteiger partial charge in [-0.25, -0.2) is 0 Å². The molecule has 0 spiro atoms. The van der Waals surface area contributed by atoms with Crippen molar-refractivity contribution in [2.45, 2.75) is 0 Å². The Balaban J connectivity index is 2.74. The van der Waals surface area contributed by atoms with E-state index in [1.165, 1.54) is 23.1 Å². The molecular weight excluding hydrogens is 216 g/mol. The first-order valence-electron chi connectivity index (χ1n) is 3.73. The minimum absolute atomic E-state index is 0.413. The summed E-state index contributed by atoms with van der Waals surface area (Å²) in [5.41, 5.74) is 0. The lowest BCUT2D eigenvalue weighted by atomic mass is 10.4. The number of aldehydes is 2. The summed E-state index contributed by atoms with van der Waals surface area (Å²) in [5, 5.41) is 0. The van der Waals surface area contributed by atoms with E-state index in [1.54, 1.807) is 6.07 Å². The van der Waals surface area contributed by atoms with Crippen molar-refractivity contribution in [3.63, 3.8) is 0 Å². The van der Waals surface area contributed by atoms with Crippen molar-refractivity contribution in [1.29, 1.82) is 0 Å². The molecule has 0 aromatic carbocycles. The van der Waals surface area contributed by atoms with Crippen LogP contribution in [0.4, 0.5) is 0 Å². The Morgan fingerprint density at radius 2 is 2.07 bits per heavy atom. The van der Waals surface area contributed by atoms with Crippen LogP contribution in [0, 0.1) is 0 Å². The predicted molar refractivity (Wildman–Crippen MR) is 61.5 cm³/mol. The molecule has 0 saturated heterocycles. The van der Waals surface area contributed by atoms with Crippen molar-refractivity contribution < 1.29 is 9.59 Å². The molecule has 1 aromatic rings. The Morgan fingerprint density at radius 3 is 2.57 bits per heavy atom. The van der Waals surface area contributed by atoms with Crippen molar-refractivity contribution in [3.8, 4) is 0 Å². The normalized spacial score (nSPS) is 9.43. The maximum absolute atomic E-state index is 10.4. The van der Waals surface area contributed by atoms with E-state index in [0.717, 1.165) is 16.1 Å². The molecule has 0 unspecified atom stereocenters. The number of carbonyl (C=O) groups excluding carboxylic acids is 2. The molecule has 1 rings (SSSR count). The third kappa shape index (κ3) is 2.68. The van der Waals surface area contributed by atoms with Gasteiger partial charge in [0, 0.05) is 14.7 Å². The van der Waals surface area contributed by atoms with Gasteiger partial charge in [-0.05, 0) is 12.1 Å². The Morgan fingerprint density at radius 1 is 1.36 bits per heavy atom. The fourth-order valence-corrected chi connectivity index (χ4v) is 2.27. The van der Waals surface area contributed by atoms with E-state index in [9.17, 15) is 9.59 Å². The maximum Gasteiger partial charge on any atom is 0.160 e. The molecule has 0 N–H and O–H groups in total. The zero-order valence-corrected chi connectivity index (χ0v) is 8.99. The van der Waals surface area contributed by atoms with Gasteiger partial charge in [-0.2, -0.15) is 0 Å². The number of carbonyl (C=O) groups is 2. The minimum Gasteiger partial charge on any atom is -0.297 e. The lowest BCUT2D eigenvalue weighted by Crippen LogP contribution is -1.75. The summed E-state index contributed by atoms with van der Waals surface area (Å²) < 4.78 is 0. The van der Waals surface area contributed by atoms with Crippen molar-refractivity contribution in [1.82, 2.24) is 0 Å². The molecule has 0 aliphatic rings. The zero-order chi connectivity index (χ0) is 10.6. The highest BCUT2D eigenvalue weighted by atomic mass is 32.2. The monoisotopic (exact) mass is 224 g/mol. The fraction of sp³-hybridized carbons (Fsp3) is 0. The Bertz CT molecular complexity index is 391. The second-order valence-electron chi connectivity index (χ2n) is 2.43. The van der Waals surface area contributed by atoms with Crippen molar-refractivity contribution in [2.75, 3.05) is 0 Å². The molecule has 1 heterocycles. The highest BCUT2D eigenvalue weighted by molar-refractivity contribution is 8.12. The van der Waals surface area contributed by atoms with Crippen LogP contribution in [-0.4, -0.2) is 12.6 Å². The molecule has 0 bridgehead atoms. The molecule has 72 valence electrons. The van der Waals surface area contributed by atoms with Gasteiger partial charge < -0.3 is 0 Å². The predicted octanol–water partition coefficient (Wildman–Crippen LogP) is 2.98. The molecule has 0 amide bonds. The standard InChI is InChI=1S/C10H8O2S2/c1-7(5-11)13-8(2)10-4-3-9(6-12)14-10/h3-6H,1-2H2. The Kier molecular flexibility index (Phi) is 3.85. The van der Waals surface area contributed by atoms with Gasteiger partial charge in [0.25, 0.3) is 0 Å². The number of rotatable bonds is 5. The number of hydrogen-bond acceptors (Lipinski definition) is 4. The molecule has 0 aliphatic carbocycles. The molecule has 0 fully saturated rings. The van der Waals surface area contributed by atoms with Crippen LogP contribution in [0.3, 0.4) is 0 Å². The highest BCUT2D eigenvalue weighted by Crippen LogP contribution is 2.33. The third-order valence-electron chi connectivity index (χ3n) is 1.40. The van der Waals surface area contributed by atoms with E-state index in [2.05, 4.69) is 13.2 Å². The summed E-state index contributed by atoms with van der Waals surface area (Å²) in [6.07, 6.45) is 1.48. The Hall–Kier alpha value is -1.13. The van der Waals surface area contributed by atoms with Crippen molar-refractivity contribution in [2.24, 2.45) is 0 Å². The van der Waals surface area contributed by atoms with E-state index < -0.39 is 0 Å². The summed E-state index contributed by atoms with van der Waals surface area (Å²) in [7, 11) is 0. The van der Waals surface area contributed by atoms with Crippen LogP contribution in [0.15, 0.2) is 30.2 Å². The van der Waals surface area contributed by atoms with E-state index in [0.29, 0.717) is 16.1 Å². The number of allylic oxidation sites excluding steroid dienone is 1. The molecule has 1 aromatic heterocycles. The van der Waals surface area contributed by atoms with E-state index >= 15 is 0 Å². The lowest BCUT2D eigenvalue weighted by molar-refractivity contribution is -0.104. The average Bonchev–Trinajstić information content (AvgIpc) is 2.65. The molecule has 0 radical (unpaired) electrons. The van der Waals surface area contributed by atoms with E-state index in [-0.39, 0.29) is 0 Å². The van der Waals surface area contributed by atoms with Crippen LogP contribution >= 0.6 is 23.1 Å². The van der Waals surface area contributed by atoms with Gasteiger partial charge in [-0.3, -0.25) is 9.59 Å². The molecule has 4 heteroatoms. The van der Waals surface area contributed by atoms with Crippen LogP contribution in [0.5, 0.6) is 0 Å². The first-order valence-corrected chi connectivity index (χ1v) is 5.37. The smallest absolute Gasteiger partial charge is 0.160 e. The molecular formula is C10H8O2S2. The molecule has 0 aliphatic heterocycles. The van der Waals surface area contributed by atoms with Crippen molar-refractivity contribution >= 4 is 40.6 Å². The van der Waals surface area contributed by atoms with Gasteiger partial charge in [0.2, 0.25) is 0 Å². The quantitative estimate of drug-likeness (QED) is 0.569. The van der Waals surface area contributed by atoms with Gasteiger partial charge >= 0.3 is 0 Å². The molecule has 0 atom stereocenters. The van der Waals surface area contributed by atoms with E-state index in [1.807, 2.05) is 6.07 Å². The van der Waals surface area contributed by atoms with Crippen LogP contribution in [0.2, 0.25) is 0 Å². The average molecular weight is 224 g/mol. The summed E-state index contributed by atoms with van der Waals surface area (Å²) in [5.74, 6) is 0. The number of thiophene rings is 1. The molecule has 0 saturated carbocycles. The van der Waals surface area contributed by atoms with Crippen molar-refractivity contribution in [3.05, 3.63) is 40.0 Å². The summed E-state index contributed by atoms with van der Waals surface area (Å²) in [6, 6.07) is 3.53. The maximum atomic E-state index is 10.4. The highest BCUT2D eigenvalue weighted by Gasteiger charge is 2.05. The SMILES string of the molecule is C=C(C=O)SC(=C)c1ccc(C=O)s1. The lowest BCUT2D eigenvalue weighted by Gasteiger charge is -1.99. The van der Waals surface area contributed by atoms with Crippen LogP contribution in [0.1, 0.15) is 14.5 Å². The summed E-state index contributed by atoms with van der Waals surface area (Å²) >= 11 is 2.56. The summed E-state index contributed by atoms with van der Waals surface area (Å²) in [4.78, 5) is 23.4. The minimum atomic E-state index is 0.413. The second kappa shape index (κ2) is 4.93. The molecule has 14 heavy (non-hydrogen) atoms. The zero-order valence-electron chi connectivity index (χ0n) is 7.36. The van der Waals surface area contributed by atoms with Gasteiger partial charge in [0.15, 0.2) is 12.6 Å². The number of hydrogen-bond donors (Lipinski definition) is 0. The van der Waals surface area contributed by atoms with Crippen LogP contribution in [-0.2, 0) is 4.79 Å². The summed E-state index contributed by atoms with van der Waals surface area (Å²) in [6.45, 7) is 7.33. The van der Waals surface area contributed by atoms with Gasteiger partial charge in [-0.15, -0.1) is 11.3 Å². The third-order valence-corrected chi connectivity index (χ3v) is 3.43. The number of thioether (sulfide) groups is 1. The second-order valence-corrected chi connectivity index (χ2v) is 4.77. The van der Waals surface area contributed by atoms with E-state index in [4.69, 9.17) is 0 Å². The molecule has 2 nitrogen and oxygen atoms in total. The van der Waals surface area contributed by atoms with Crippen LogP contribution < -0.4 is 0 Å². The first kappa shape index (κ1) is 10.9.